The predicted octanol–water partition coefficient (Wildman–Crippen LogP) is 3.09. The molecule has 0 aliphatic heterocycles. The zero-order chi connectivity index (χ0) is 12.3. The standard InChI is InChI=1S/C14H22O2/c1-10-6-7-12(11(2)8-10)16-9-13(15)14(3,4)5/h6-8,13,15H,9H2,1-5H3. The average molecular weight is 222 g/mol. The fourth-order valence-corrected chi connectivity index (χ4v) is 1.38. The van der Waals surface area contributed by atoms with E-state index < -0.39 is 6.10 Å². The van der Waals surface area contributed by atoms with Crippen LogP contribution in [0.1, 0.15) is 31.9 Å². The molecule has 0 saturated heterocycles. The van der Waals surface area contributed by atoms with Gasteiger partial charge in [0.05, 0.1) is 6.10 Å². The molecule has 1 rings (SSSR count). The average Bonchev–Trinajstić information content (AvgIpc) is 2.14. The van der Waals surface area contributed by atoms with E-state index in [0.29, 0.717) is 6.61 Å². The molecule has 16 heavy (non-hydrogen) atoms. The lowest BCUT2D eigenvalue weighted by Crippen LogP contribution is -2.32. The molecule has 1 aromatic rings. The fraction of sp³-hybridized carbons (Fsp3) is 0.571. The van der Waals surface area contributed by atoms with Gasteiger partial charge in [0.2, 0.25) is 0 Å². The minimum atomic E-state index is -0.451. The van der Waals surface area contributed by atoms with Gasteiger partial charge in [0.25, 0.3) is 0 Å². The van der Waals surface area contributed by atoms with E-state index in [1.54, 1.807) is 0 Å². The molecule has 1 atom stereocenters. The van der Waals surface area contributed by atoms with E-state index in [4.69, 9.17) is 4.74 Å². The normalized spacial score (nSPS) is 13.6. The summed E-state index contributed by atoms with van der Waals surface area (Å²) in [4.78, 5) is 0. The Labute approximate surface area is 98.3 Å². The Morgan fingerprint density at radius 3 is 2.38 bits per heavy atom. The quantitative estimate of drug-likeness (QED) is 0.851. The summed E-state index contributed by atoms with van der Waals surface area (Å²) in [5.41, 5.74) is 2.20. The molecular formula is C14H22O2. The Morgan fingerprint density at radius 2 is 1.88 bits per heavy atom. The van der Waals surface area contributed by atoms with Crippen molar-refractivity contribution >= 4 is 0 Å². The van der Waals surface area contributed by atoms with E-state index in [9.17, 15) is 5.11 Å². The molecule has 0 heterocycles. The van der Waals surface area contributed by atoms with Gasteiger partial charge in [-0.1, -0.05) is 38.5 Å². The Bertz CT molecular complexity index is 350. The number of aryl methyl sites for hydroxylation is 2. The highest BCUT2D eigenvalue weighted by Gasteiger charge is 2.22. The second-order valence-corrected chi connectivity index (χ2v) is 5.46. The molecule has 0 spiro atoms. The summed E-state index contributed by atoms with van der Waals surface area (Å²) in [5, 5.41) is 9.87. The van der Waals surface area contributed by atoms with Crippen molar-refractivity contribution in [3.8, 4) is 5.75 Å². The van der Waals surface area contributed by atoms with E-state index in [2.05, 4.69) is 13.0 Å². The Hall–Kier alpha value is -1.02. The van der Waals surface area contributed by atoms with Crippen molar-refractivity contribution in [2.75, 3.05) is 6.61 Å². The molecule has 0 saturated carbocycles. The van der Waals surface area contributed by atoms with E-state index in [0.717, 1.165) is 11.3 Å². The summed E-state index contributed by atoms with van der Waals surface area (Å²) in [6.45, 7) is 10.4. The molecule has 0 radical (unpaired) electrons. The summed E-state index contributed by atoms with van der Waals surface area (Å²) in [6, 6.07) is 6.06. The maximum Gasteiger partial charge on any atom is 0.122 e. The molecule has 1 N–H and O–H groups in total. The molecule has 0 amide bonds. The molecule has 0 bridgehead atoms. The van der Waals surface area contributed by atoms with E-state index in [-0.39, 0.29) is 5.41 Å². The van der Waals surface area contributed by atoms with Crippen molar-refractivity contribution in [3.05, 3.63) is 29.3 Å². The third-order valence-electron chi connectivity index (χ3n) is 2.73. The van der Waals surface area contributed by atoms with Crippen LogP contribution in [0.5, 0.6) is 5.75 Å². The van der Waals surface area contributed by atoms with Crippen LogP contribution in [0.15, 0.2) is 18.2 Å². The van der Waals surface area contributed by atoms with E-state index >= 15 is 0 Å². The number of ether oxygens (including phenoxy) is 1. The summed E-state index contributed by atoms with van der Waals surface area (Å²) in [5.74, 6) is 0.855. The molecule has 0 fully saturated rings. The van der Waals surface area contributed by atoms with Gasteiger partial charge in [-0.3, -0.25) is 0 Å². The number of hydrogen-bond acceptors (Lipinski definition) is 2. The van der Waals surface area contributed by atoms with Crippen LogP contribution >= 0.6 is 0 Å². The summed E-state index contributed by atoms with van der Waals surface area (Å²) >= 11 is 0. The van der Waals surface area contributed by atoms with Gasteiger partial charge in [-0.2, -0.15) is 0 Å². The fourth-order valence-electron chi connectivity index (χ4n) is 1.38. The zero-order valence-corrected chi connectivity index (χ0v) is 10.9. The van der Waals surface area contributed by atoms with Crippen molar-refractivity contribution < 1.29 is 9.84 Å². The highest BCUT2D eigenvalue weighted by molar-refractivity contribution is 5.35. The second kappa shape index (κ2) is 4.88. The second-order valence-electron chi connectivity index (χ2n) is 5.46. The summed E-state index contributed by atoms with van der Waals surface area (Å²) in [7, 11) is 0. The van der Waals surface area contributed by atoms with Gasteiger partial charge >= 0.3 is 0 Å². The molecule has 0 aliphatic rings. The highest BCUT2D eigenvalue weighted by Crippen LogP contribution is 2.22. The number of hydrogen-bond donors (Lipinski definition) is 1. The smallest absolute Gasteiger partial charge is 0.122 e. The molecule has 2 nitrogen and oxygen atoms in total. The molecule has 1 unspecified atom stereocenters. The van der Waals surface area contributed by atoms with Gasteiger partial charge in [0.1, 0.15) is 12.4 Å². The lowest BCUT2D eigenvalue weighted by molar-refractivity contribution is 0.0216. The Balaban J connectivity index is 2.62. The zero-order valence-electron chi connectivity index (χ0n) is 10.9. The van der Waals surface area contributed by atoms with Crippen molar-refractivity contribution in [2.24, 2.45) is 5.41 Å². The molecule has 1 aromatic carbocycles. The summed E-state index contributed by atoms with van der Waals surface area (Å²) in [6.07, 6.45) is -0.451. The molecule has 90 valence electrons. The topological polar surface area (TPSA) is 29.5 Å². The Kier molecular flexibility index (Phi) is 3.98. The van der Waals surface area contributed by atoms with Crippen molar-refractivity contribution in [2.45, 2.75) is 40.7 Å². The van der Waals surface area contributed by atoms with Crippen LogP contribution in [0.3, 0.4) is 0 Å². The molecule has 2 heteroatoms. The minimum Gasteiger partial charge on any atom is -0.491 e. The van der Waals surface area contributed by atoms with Gasteiger partial charge < -0.3 is 9.84 Å². The Morgan fingerprint density at radius 1 is 1.25 bits per heavy atom. The first-order chi connectivity index (χ1) is 7.30. The van der Waals surface area contributed by atoms with Crippen molar-refractivity contribution in [3.63, 3.8) is 0 Å². The van der Waals surface area contributed by atoms with Crippen molar-refractivity contribution in [1.82, 2.24) is 0 Å². The van der Waals surface area contributed by atoms with Crippen LogP contribution in [0.4, 0.5) is 0 Å². The first-order valence-electron chi connectivity index (χ1n) is 5.69. The van der Waals surface area contributed by atoms with Gasteiger partial charge in [0, 0.05) is 0 Å². The van der Waals surface area contributed by atoms with Gasteiger partial charge in [0.15, 0.2) is 0 Å². The maximum absolute atomic E-state index is 9.87. The first kappa shape index (κ1) is 13.0. The van der Waals surface area contributed by atoms with Crippen LogP contribution < -0.4 is 4.74 Å². The maximum atomic E-state index is 9.87. The first-order valence-corrected chi connectivity index (χ1v) is 5.69. The van der Waals surface area contributed by atoms with E-state index in [1.165, 1.54) is 5.56 Å². The SMILES string of the molecule is Cc1ccc(OCC(O)C(C)(C)C)c(C)c1. The monoisotopic (exact) mass is 222 g/mol. The molecule has 0 aliphatic carbocycles. The minimum absolute atomic E-state index is 0.140. The third-order valence-corrected chi connectivity index (χ3v) is 2.73. The van der Waals surface area contributed by atoms with Crippen LogP contribution in [0.25, 0.3) is 0 Å². The molecule has 0 aromatic heterocycles. The van der Waals surface area contributed by atoms with Crippen molar-refractivity contribution in [1.29, 1.82) is 0 Å². The number of aliphatic hydroxyl groups excluding tert-OH is 1. The van der Waals surface area contributed by atoms with E-state index in [1.807, 2.05) is 39.8 Å². The lowest BCUT2D eigenvalue weighted by Gasteiger charge is -2.26. The van der Waals surface area contributed by atoms with Gasteiger partial charge in [-0.15, -0.1) is 0 Å². The highest BCUT2D eigenvalue weighted by atomic mass is 16.5. The predicted molar refractivity (Wildman–Crippen MR) is 66.9 cm³/mol. The number of aliphatic hydroxyl groups is 1. The third kappa shape index (κ3) is 3.53. The van der Waals surface area contributed by atoms with Crippen LogP contribution in [-0.2, 0) is 0 Å². The summed E-state index contributed by atoms with van der Waals surface area (Å²) < 4.78 is 5.63. The van der Waals surface area contributed by atoms with Gasteiger partial charge in [-0.25, -0.2) is 0 Å². The largest absolute Gasteiger partial charge is 0.491 e. The van der Waals surface area contributed by atoms with Gasteiger partial charge in [-0.05, 0) is 30.9 Å². The van der Waals surface area contributed by atoms with Crippen LogP contribution in [-0.4, -0.2) is 17.8 Å². The molecular weight excluding hydrogens is 200 g/mol. The lowest BCUT2D eigenvalue weighted by atomic mass is 9.90. The van der Waals surface area contributed by atoms with Crippen LogP contribution in [0.2, 0.25) is 0 Å². The number of rotatable bonds is 3. The van der Waals surface area contributed by atoms with Crippen LogP contribution in [0, 0.1) is 19.3 Å². The number of benzene rings is 1.